The van der Waals surface area contributed by atoms with Crippen molar-refractivity contribution in [2.24, 2.45) is 5.92 Å². The highest BCUT2D eigenvalue weighted by atomic mass is 16.5. The van der Waals surface area contributed by atoms with E-state index in [4.69, 9.17) is 4.74 Å². The third-order valence-corrected chi connectivity index (χ3v) is 4.69. The molecule has 1 unspecified atom stereocenters. The maximum Gasteiger partial charge on any atom is 0.227 e. The van der Waals surface area contributed by atoms with Gasteiger partial charge < -0.3 is 10.1 Å². The van der Waals surface area contributed by atoms with Gasteiger partial charge in [0.1, 0.15) is 12.4 Å². The van der Waals surface area contributed by atoms with Gasteiger partial charge >= 0.3 is 0 Å². The number of benzene rings is 3. The van der Waals surface area contributed by atoms with Gasteiger partial charge in [0.15, 0.2) is 0 Å². The second-order valence-corrected chi connectivity index (χ2v) is 6.63. The first-order chi connectivity index (χ1) is 13.2. The van der Waals surface area contributed by atoms with Crippen LogP contribution in [0.2, 0.25) is 0 Å². The summed E-state index contributed by atoms with van der Waals surface area (Å²) in [4.78, 5) is 12.2. The molecule has 3 nitrogen and oxygen atoms in total. The predicted octanol–water partition coefficient (Wildman–Crippen LogP) is 5.92. The summed E-state index contributed by atoms with van der Waals surface area (Å²) in [6.07, 6.45) is 0.818. The van der Waals surface area contributed by atoms with Crippen LogP contribution in [-0.2, 0) is 11.4 Å². The molecule has 0 aliphatic rings. The molecule has 1 atom stereocenters. The standard InChI is InChI=1S/C24H25NO2/c1-3-18(2)24(26)25-23-12-8-7-11-21(23)17-27-22-15-13-20(14-16-22)19-9-5-4-6-10-19/h4-16,18H,3,17H2,1-2H3,(H,25,26). The normalized spacial score (nSPS) is 11.6. The molecule has 1 amide bonds. The topological polar surface area (TPSA) is 38.3 Å². The molecule has 0 saturated heterocycles. The number of rotatable bonds is 7. The summed E-state index contributed by atoms with van der Waals surface area (Å²) in [5.74, 6) is 0.833. The average Bonchev–Trinajstić information content (AvgIpc) is 2.73. The first-order valence-corrected chi connectivity index (χ1v) is 9.34. The van der Waals surface area contributed by atoms with E-state index in [1.807, 2.05) is 68.4 Å². The van der Waals surface area contributed by atoms with E-state index >= 15 is 0 Å². The summed E-state index contributed by atoms with van der Waals surface area (Å²) in [7, 11) is 0. The number of anilines is 1. The van der Waals surface area contributed by atoms with Gasteiger partial charge in [-0.1, -0.05) is 74.5 Å². The van der Waals surface area contributed by atoms with E-state index in [0.717, 1.165) is 29.0 Å². The maximum absolute atomic E-state index is 12.2. The lowest BCUT2D eigenvalue weighted by Gasteiger charge is -2.14. The molecule has 0 heterocycles. The second kappa shape index (κ2) is 9.04. The van der Waals surface area contributed by atoms with Crippen LogP contribution in [0.4, 0.5) is 5.69 Å². The fourth-order valence-corrected chi connectivity index (χ4v) is 2.74. The van der Waals surface area contributed by atoms with Gasteiger partial charge in [0.25, 0.3) is 0 Å². The fourth-order valence-electron chi connectivity index (χ4n) is 2.74. The summed E-state index contributed by atoms with van der Waals surface area (Å²) in [6, 6.07) is 26.1. The zero-order valence-electron chi connectivity index (χ0n) is 15.8. The fraction of sp³-hybridized carbons (Fsp3) is 0.208. The highest BCUT2D eigenvalue weighted by Crippen LogP contribution is 2.24. The Kier molecular flexibility index (Phi) is 6.26. The maximum atomic E-state index is 12.2. The minimum Gasteiger partial charge on any atom is -0.489 e. The Hall–Kier alpha value is -3.07. The SMILES string of the molecule is CCC(C)C(=O)Nc1ccccc1COc1ccc(-c2ccccc2)cc1. The van der Waals surface area contributed by atoms with Crippen molar-refractivity contribution in [2.45, 2.75) is 26.9 Å². The molecule has 27 heavy (non-hydrogen) atoms. The van der Waals surface area contributed by atoms with E-state index in [0.29, 0.717) is 6.61 Å². The summed E-state index contributed by atoms with van der Waals surface area (Å²) in [5.41, 5.74) is 4.11. The number of carbonyl (C=O) groups is 1. The van der Waals surface area contributed by atoms with Gasteiger partial charge in [-0.05, 0) is 35.7 Å². The monoisotopic (exact) mass is 359 g/mol. The molecular formula is C24H25NO2. The Labute approximate surface area is 161 Å². The minimum atomic E-state index is -0.00972. The zero-order chi connectivity index (χ0) is 19.1. The molecule has 0 aliphatic heterocycles. The van der Waals surface area contributed by atoms with Crippen molar-refractivity contribution in [2.75, 3.05) is 5.32 Å². The Bertz CT molecular complexity index is 872. The Morgan fingerprint density at radius 3 is 2.22 bits per heavy atom. The van der Waals surface area contributed by atoms with Crippen LogP contribution in [0, 0.1) is 5.92 Å². The van der Waals surface area contributed by atoms with Gasteiger partial charge in [0, 0.05) is 17.2 Å². The van der Waals surface area contributed by atoms with Crippen molar-refractivity contribution in [3.63, 3.8) is 0 Å². The number of hydrogen-bond acceptors (Lipinski definition) is 2. The first-order valence-electron chi connectivity index (χ1n) is 9.34. The van der Waals surface area contributed by atoms with Gasteiger partial charge in [0.2, 0.25) is 5.91 Å². The number of amides is 1. The van der Waals surface area contributed by atoms with E-state index in [-0.39, 0.29) is 11.8 Å². The third-order valence-electron chi connectivity index (χ3n) is 4.69. The van der Waals surface area contributed by atoms with Crippen LogP contribution < -0.4 is 10.1 Å². The molecule has 3 aromatic rings. The average molecular weight is 359 g/mol. The molecule has 3 rings (SSSR count). The van der Waals surface area contributed by atoms with Crippen LogP contribution in [0.15, 0.2) is 78.9 Å². The molecule has 0 saturated carbocycles. The molecule has 1 N–H and O–H groups in total. The van der Waals surface area contributed by atoms with Gasteiger partial charge in [-0.25, -0.2) is 0 Å². The third kappa shape index (κ3) is 4.98. The lowest BCUT2D eigenvalue weighted by atomic mass is 10.1. The van der Waals surface area contributed by atoms with E-state index in [9.17, 15) is 4.79 Å². The van der Waals surface area contributed by atoms with Crippen LogP contribution in [0.5, 0.6) is 5.75 Å². The Morgan fingerprint density at radius 2 is 1.52 bits per heavy atom. The zero-order valence-corrected chi connectivity index (χ0v) is 15.8. The smallest absolute Gasteiger partial charge is 0.227 e. The van der Waals surface area contributed by atoms with E-state index in [2.05, 4.69) is 29.6 Å². The number of ether oxygens (including phenoxy) is 1. The molecule has 0 fully saturated rings. The number of hydrogen-bond donors (Lipinski definition) is 1. The van der Waals surface area contributed by atoms with Crippen LogP contribution in [-0.4, -0.2) is 5.91 Å². The molecule has 3 aromatic carbocycles. The molecule has 0 radical (unpaired) electrons. The molecule has 3 heteroatoms. The quantitative estimate of drug-likeness (QED) is 0.569. The van der Waals surface area contributed by atoms with Gasteiger partial charge in [-0.2, -0.15) is 0 Å². The van der Waals surface area contributed by atoms with Gasteiger partial charge in [-0.3, -0.25) is 4.79 Å². The predicted molar refractivity (Wildman–Crippen MR) is 111 cm³/mol. The van der Waals surface area contributed by atoms with Crippen LogP contribution in [0.1, 0.15) is 25.8 Å². The minimum absolute atomic E-state index is 0.00972. The van der Waals surface area contributed by atoms with Crippen molar-refractivity contribution in [1.29, 1.82) is 0 Å². The van der Waals surface area contributed by atoms with Gasteiger partial charge in [0.05, 0.1) is 0 Å². The first kappa shape index (κ1) is 18.7. The number of carbonyl (C=O) groups excluding carboxylic acids is 1. The lowest BCUT2D eigenvalue weighted by molar-refractivity contribution is -0.119. The molecule has 0 aromatic heterocycles. The van der Waals surface area contributed by atoms with Crippen molar-refractivity contribution >= 4 is 11.6 Å². The summed E-state index contributed by atoms with van der Waals surface area (Å²) >= 11 is 0. The molecule has 0 spiro atoms. The van der Waals surface area contributed by atoms with Gasteiger partial charge in [-0.15, -0.1) is 0 Å². The largest absolute Gasteiger partial charge is 0.489 e. The highest BCUT2D eigenvalue weighted by molar-refractivity contribution is 5.93. The second-order valence-electron chi connectivity index (χ2n) is 6.63. The number of para-hydroxylation sites is 1. The molecule has 0 bridgehead atoms. The van der Waals surface area contributed by atoms with Crippen LogP contribution >= 0.6 is 0 Å². The van der Waals surface area contributed by atoms with Crippen molar-refractivity contribution in [3.05, 3.63) is 84.4 Å². The Morgan fingerprint density at radius 1 is 0.889 bits per heavy atom. The number of nitrogens with one attached hydrogen (secondary N) is 1. The molecular weight excluding hydrogens is 334 g/mol. The van der Waals surface area contributed by atoms with Crippen LogP contribution in [0.25, 0.3) is 11.1 Å². The van der Waals surface area contributed by atoms with E-state index < -0.39 is 0 Å². The molecule has 0 aliphatic carbocycles. The van der Waals surface area contributed by atoms with Crippen molar-refractivity contribution in [3.8, 4) is 16.9 Å². The van der Waals surface area contributed by atoms with Crippen LogP contribution in [0.3, 0.4) is 0 Å². The van der Waals surface area contributed by atoms with Crippen molar-refractivity contribution in [1.82, 2.24) is 0 Å². The van der Waals surface area contributed by atoms with E-state index in [1.165, 1.54) is 5.56 Å². The summed E-state index contributed by atoms with van der Waals surface area (Å²) in [5, 5.41) is 3.01. The summed E-state index contributed by atoms with van der Waals surface area (Å²) < 4.78 is 5.94. The summed E-state index contributed by atoms with van der Waals surface area (Å²) in [6.45, 7) is 4.35. The lowest BCUT2D eigenvalue weighted by Crippen LogP contribution is -2.20. The van der Waals surface area contributed by atoms with E-state index in [1.54, 1.807) is 0 Å². The highest BCUT2D eigenvalue weighted by Gasteiger charge is 2.12. The Balaban J connectivity index is 1.66. The van der Waals surface area contributed by atoms with Crippen molar-refractivity contribution < 1.29 is 9.53 Å². The molecule has 138 valence electrons.